The summed E-state index contributed by atoms with van der Waals surface area (Å²) in [5.74, 6) is 1.12. The monoisotopic (exact) mass is 290 g/mol. The molecular formula is C17H30N4. The second-order valence-electron chi connectivity index (χ2n) is 6.44. The maximum Gasteiger partial charge on any atom is 0.131 e. The molecule has 4 heteroatoms. The van der Waals surface area contributed by atoms with Crippen molar-refractivity contribution in [2.24, 2.45) is 5.73 Å². The van der Waals surface area contributed by atoms with Gasteiger partial charge in [-0.3, -0.25) is 0 Å². The summed E-state index contributed by atoms with van der Waals surface area (Å²) in [5.41, 5.74) is 8.37. The molecule has 1 saturated heterocycles. The van der Waals surface area contributed by atoms with Crippen molar-refractivity contribution in [3.63, 3.8) is 0 Å². The van der Waals surface area contributed by atoms with Crippen molar-refractivity contribution in [2.45, 2.75) is 52.1 Å². The Morgan fingerprint density at radius 3 is 2.62 bits per heavy atom. The Labute approximate surface area is 129 Å². The lowest BCUT2D eigenvalue weighted by Crippen LogP contribution is -2.43. The molecule has 1 aliphatic rings. The van der Waals surface area contributed by atoms with Crippen molar-refractivity contribution in [3.8, 4) is 0 Å². The number of aromatic nitrogens is 1. The molecule has 1 fully saturated rings. The summed E-state index contributed by atoms with van der Waals surface area (Å²) in [4.78, 5) is 9.60. The first-order valence-corrected chi connectivity index (χ1v) is 8.17. The standard InChI is InChI=1S/C17H30N4/c1-5-21-8-6-16(7-9-21)20(4)17-13(2)10-15(12-19-17)11-14(3)18/h10,12,14,16H,5-9,11,18H2,1-4H3. The first kappa shape index (κ1) is 16.2. The van der Waals surface area contributed by atoms with Crippen LogP contribution in [0.5, 0.6) is 0 Å². The third-order valence-electron chi connectivity index (χ3n) is 4.55. The average molecular weight is 290 g/mol. The summed E-state index contributed by atoms with van der Waals surface area (Å²) in [5, 5.41) is 0. The number of rotatable bonds is 5. The van der Waals surface area contributed by atoms with Crippen molar-refractivity contribution in [1.29, 1.82) is 0 Å². The summed E-state index contributed by atoms with van der Waals surface area (Å²) < 4.78 is 0. The normalized spacial score (nSPS) is 18.7. The van der Waals surface area contributed by atoms with Crippen molar-refractivity contribution < 1.29 is 0 Å². The van der Waals surface area contributed by atoms with E-state index in [1.165, 1.54) is 43.6 Å². The van der Waals surface area contributed by atoms with Crippen molar-refractivity contribution >= 4 is 5.82 Å². The Morgan fingerprint density at radius 2 is 2.10 bits per heavy atom. The highest BCUT2D eigenvalue weighted by atomic mass is 15.2. The molecule has 118 valence electrons. The Bertz CT molecular complexity index is 450. The quantitative estimate of drug-likeness (QED) is 0.903. The van der Waals surface area contributed by atoms with Gasteiger partial charge in [-0.15, -0.1) is 0 Å². The number of anilines is 1. The molecule has 1 unspecified atom stereocenters. The molecule has 1 aliphatic heterocycles. The van der Waals surface area contributed by atoms with E-state index in [0.717, 1.165) is 12.2 Å². The number of nitrogens with zero attached hydrogens (tertiary/aromatic N) is 3. The van der Waals surface area contributed by atoms with Crippen LogP contribution < -0.4 is 10.6 Å². The van der Waals surface area contributed by atoms with Crippen LogP contribution in [0, 0.1) is 6.92 Å². The van der Waals surface area contributed by atoms with Gasteiger partial charge in [0.2, 0.25) is 0 Å². The van der Waals surface area contributed by atoms with E-state index in [-0.39, 0.29) is 6.04 Å². The zero-order valence-corrected chi connectivity index (χ0v) is 14.0. The lowest BCUT2D eigenvalue weighted by molar-refractivity contribution is 0.220. The number of likely N-dealkylation sites (tertiary alicyclic amines) is 1. The Hall–Kier alpha value is -1.13. The van der Waals surface area contributed by atoms with Gasteiger partial charge in [0.15, 0.2) is 0 Å². The second-order valence-corrected chi connectivity index (χ2v) is 6.44. The van der Waals surface area contributed by atoms with E-state index in [9.17, 15) is 0 Å². The van der Waals surface area contributed by atoms with Crippen LogP contribution in [-0.4, -0.2) is 48.6 Å². The fraction of sp³-hybridized carbons (Fsp3) is 0.706. The molecule has 0 aromatic carbocycles. The van der Waals surface area contributed by atoms with Gasteiger partial charge in [-0.1, -0.05) is 13.0 Å². The van der Waals surface area contributed by atoms with E-state index in [4.69, 9.17) is 10.7 Å². The zero-order valence-electron chi connectivity index (χ0n) is 14.0. The van der Waals surface area contributed by atoms with Gasteiger partial charge < -0.3 is 15.5 Å². The van der Waals surface area contributed by atoms with Crippen LogP contribution in [0.1, 0.15) is 37.8 Å². The van der Waals surface area contributed by atoms with Crippen LogP contribution in [-0.2, 0) is 6.42 Å². The highest BCUT2D eigenvalue weighted by Crippen LogP contribution is 2.24. The largest absolute Gasteiger partial charge is 0.356 e. The van der Waals surface area contributed by atoms with E-state index < -0.39 is 0 Å². The van der Waals surface area contributed by atoms with Gasteiger partial charge >= 0.3 is 0 Å². The van der Waals surface area contributed by atoms with E-state index in [1.807, 2.05) is 13.1 Å². The van der Waals surface area contributed by atoms with Gasteiger partial charge in [0.05, 0.1) is 0 Å². The van der Waals surface area contributed by atoms with Crippen LogP contribution in [0.4, 0.5) is 5.82 Å². The molecule has 2 N–H and O–H groups in total. The molecule has 4 nitrogen and oxygen atoms in total. The van der Waals surface area contributed by atoms with E-state index in [0.29, 0.717) is 6.04 Å². The van der Waals surface area contributed by atoms with Gasteiger partial charge in [0, 0.05) is 38.4 Å². The topological polar surface area (TPSA) is 45.4 Å². The molecule has 0 bridgehead atoms. The van der Waals surface area contributed by atoms with Crippen molar-refractivity contribution in [3.05, 3.63) is 23.4 Å². The number of pyridine rings is 1. The maximum absolute atomic E-state index is 5.87. The molecule has 0 aliphatic carbocycles. The van der Waals surface area contributed by atoms with Crippen molar-refractivity contribution in [2.75, 3.05) is 31.6 Å². The smallest absolute Gasteiger partial charge is 0.131 e. The zero-order chi connectivity index (χ0) is 15.4. The van der Waals surface area contributed by atoms with Crippen LogP contribution in [0.3, 0.4) is 0 Å². The molecule has 0 saturated carbocycles. The summed E-state index contributed by atoms with van der Waals surface area (Å²) in [6, 6.07) is 3.04. The number of hydrogen-bond donors (Lipinski definition) is 1. The van der Waals surface area contributed by atoms with Gasteiger partial charge in [-0.2, -0.15) is 0 Å². The van der Waals surface area contributed by atoms with Crippen LogP contribution >= 0.6 is 0 Å². The van der Waals surface area contributed by atoms with Gasteiger partial charge in [0.1, 0.15) is 5.82 Å². The summed E-state index contributed by atoms with van der Waals surface area (Å²) in [6.07, 6.45) is 5.34. The van der Waals surface area contributed by atoms with Gasteiger partial charge in [0.25, 0.3) is 0 Å². The third kappa shape index (κ3) is 4.17. The van der Waals surface area contributed by atoms with Crippen LogP contribution in [0.2, 0.25) is 0 Å². The molecule has 0 spiro atoms. The van der Waals surface area contributed by atoms with Crippen LogP contribution in [0.15, 0.2) is 12.3 Å². The molecular weight excluding hydrogens is 260 g/mol. The molecule has 1 aromatic heterocycles. The molecule has 21 heavy (non-hydrogen) atoms. The number of nitrogens with two attached hydrogens (primary N) is 1. The van der Waals surface area contributed by atoms with E-state index in [2.05, 4.69) is 36.8 Å². The predicted octanol–water partition coefficient (Wildman–Crippen LogP) is 2.20. The maximum atomic E-state index is 5.87. The highest BCUT2D eigenvalue weighted by Gasteiger charge is 2.23. The lowest BCUT2D eigenvalue weighted by Gasteiger charge is -2.37. The number of hydrogen-bond acceptors (Lipinski definition) is 4. The number of piperidine rings is 1. The Balaban J connectivity index is 2.04. The molecule has 1 atom stereocenters. The molecule has 2 rings (SSSR count). The van der Waals surface area contributed by atoms with Gasteiger partial charge in [-0.05, 0) is 50.8 Å². The minimum Gasteiger partial charge on any atom is -0.356 e. The SMILES string of the molecule is CCN1CCC(N(C)c2ncc(CC(C)N)cc2C)CC1. The minimum absolute atomic E-state index is 0.188. The molecule has 1 aromatic rings. The fourth-order valence-electron chi connectivity index (χ4n) is 3.27. The molecule has 0 radical (unpaired) electrons. The highest BCUT2D eigenvalue weighted by molar-refractivity contribution is 5.47. The third-order valence-corrected chi connectivity index (χ3v) is 4.55. The van der Waals surface area contributed by atoms with Crippen molar-refractivity contribution in [1.82, 2.24) is 9.88 Å². The first-order valence-electron chi connectivity index (χ1n) is 8.17. The Morgan fingerprint density at radius 1 is 1.43 bits per heavy atom. The van der Waals surface area contributed by atoms with E-state index >= 15 is 0 Å². The summed E-state index contributed by atoms with van der Waals surface area (Å²) >= 11 is 0. The van der Waals surface area contributed by atoms with Crippen LogP contribution in [0.25, 0.3) is 0 Å². The lowest BCUT2D eigenvalue weighted by atomic mass is 10.0. The Kier molecular flexibility index (Phi) is 5.59. The summed E-state index contributed by atoms with van der Waals surface area (Å²) in [7, 11) is 2.19. The number of aryl methyl sites for hydroxylation is 1. The second kappa shape index (κ2) is 7.23. The molecule has 0 amide bonds. The predicted molar refractivity (Wildman–Crippen MR) is 89.9 cm³/mol. The van der Waals surface area contributed by atoms with Gasteiger partial charge in [-0.25, -0.2) is 4.98 Å². The average Bonchev–Trinajstić information content (AvgIpc) is 2.46. The molecule has 2 heterocycles. The summed E-state index contributed by atoms with van der Waals surface area (Å²) in [6.45, 7) is 10.0. The minimum atomic E-state index is 0.188. The fourth-order valence-corrected chi connectivity index (χ4v) is 3.27. The first-order chi connectivity index (χ1) is 10.0. The van der Waals surface area contributed by atoms with E-state index in [1.54, 1.807) is 0 Å².